The molecule has 0 saturated heterocycles. The minimum Gasteiger partial charge on any atom is -0.486 e. The fourth-order valence-electron chi connectivity index (χ4n) is 1.92. The first kappa shape index (κ1) is 15.3. The van der Waals surface area contributed by atoms with Gasteiger partial charge in [-0.05, 0) is 36.8 Å². The molecule has 2 rings (SSSR count). The SMILES string of the molecule is Cc1cc(Br)cc(N)c1OCc1ccc(C(N)=O)cc1F. The lowest BCUT2D eigenvalue weighted by Gasteiger charge is -2.13. The molecular formula is C15H14BrFN2O2. The van der Waals surface area contributed by atoms with E-state index in [0.717, 1.165) is 16.1 Å². The van der Waals surface area contributed by atoms with Crippen LogP contribution in [0.2, 0.25) is 0 Å². The number of amides is 1. The summed E-state index contributed by atoms with van der Waals surface area (Å²) in [6.45, 7) is 1.86. The summed E-state index contributed by atoms with van der Waals surface area (Å²) in [4.78, 5) is 11.0. The zero-order valence-corrected chi connectivity index (χ0v) is 12.9. The van der Waals surface area contributed by atoms with Crippen LogP contribution in [0.15, 0.2) is 34.8 Å². The maximum Gasteiger partial charge on any atom is 0.248 e. The van der Waals surface area contributed by atoms with E-state index in [2.05, 4.69) is 15.9 Å². The molecule has 110 valence electrons. The number of carbonyl (C=O) groups excluding carboxylic acids is 1. The van der Waals surface area contributed by atoms with Crippen molar-refractivity contribution in [1.82, 2.24) is 0 Å². The van der Waals surface area contributed by atoms with Crippen molar-refractivity contribution in [2.75, 3.05) is 5.73 Å². The van der Waals surface area contributed by atoms with E-state index < -0.39 is 11.7 Å². The minimum absolute atomic E-state index is 0.0115. The Bertz CT molecular complexity index is 681. The molecule has 4 N–H and O–H groups in total. The molecule has 2 aromatic rings. The van der Waals surface area contributed by atoms with E-state index in [4.69, 9.17) is 16.2 Å². The van der Waals surface area contributed by atoms with Gasteiger partial charge >= 0.3 is 0 Å². The molecule has 0 aliphatic carbocycles. The molecule has 4 nitrogen and oxygen atoms in total. The zero-order valence-electron chi connectivity index (χ0n) is 11.3. The summed E-state index contributed by atoms with van der Waals surface area (Å²) in [5.74, 6) is -0.703. The largest absolute Gasteiger partial charge is 0.486 e. The highest BCUT2D eigenvalue weighted by molar-refractivity contribution is 9.10. The summed E-state index contributed by atoms with van der Waals surface area (Å²) in [7, 11) is 0. The average molecular weight is 353 g/mol. The fraction of sp³-hybridized carbons (Fsp3) is 0.133. The summed E-state index contributed by atoms with van der Waals surface area (Å²) < 4.78 is 20.3. The van der Waals surface area contributed by atoms with Gasteiger partial charge in [0.15, 0.2) is 0 Å². The van der Waals surface area contributed by atoms with Crippen molar-refractivity contribution in [1.29, 1.82) is 0 Å². The molecule has 0 aliphatic rings. The maximum atomic E-state index is 13.9. The topological polar surface area (TPSA) is 78.3 Å². The number of nitrogens with two attached hydrogens (primary N) is 2. The predicted octanol–water partition coefficient (Wildman–Crippen LogP) is 3.16. The second-order valence-corrected chi connectivity index (χ2v) is 5.52. The van der Waals surface area contributed by atoms with Crippen LogP contribution >= 0.6 is 15.9 Å². The Hall–Kier alpha value is -2.08. The first-order valence-electron chi connectivity index (χ1n) is 6.15. The third-order valence-corrected chi connectivity index (χ3v) is 3.44. The average Bonchev–Trinajstić information content (AvgIpc) is 2.38. The number of primary amides is 1. The van der Waals surface area contributed by atoms with Crippen molar-refractivity contribution < 1.29 is 13.9 Å². The Kier molecular flexibility index (Phi) is 4.47. The lowest BCUT2D eigenvalue weighted by Crippen LogP contribution is -2.12. The van der Waals surface area contributed by atoms with Gasteiger partial charge in [0.1, 0.15) is 18.2 Å². The van der Waals surface area contributed by atoms with Crippen LogP contribution in [0.4, 0.5) is 10.1 Å². The molecular weight excluding hydrogens is 339 g/mol. The Morgan fingerprint density at radius 3 is 2.62 bits per heavy atom. The highest BCUT2D eigenvalue weighted by Gasteiger charge is 2.10. The van der Waals surface area contributed by atoms with Gasteiger partial charge in [0, 0.05) is 15.6 Å². The number of ether oxygens (including phenoxy) is 1. The van der Waals surface area contributed by atoms with Gasteiger partial charge in [0.2, 0.25) is 5.91 Å². The second kappa shape index (κ2) is 6.13. The van der Waals surface area contributed by atoms with E-state index in [1.807, 2.05) is 13.0 Å². The molecule has 0 spiro atoms. The van der Waals surface area contributed by atoms with Crippen molar-refractivity contribution in [3.63, 3.8) is 0 Å². The van der Waals surface area contributed by atoms with Crippen molar-refractivity contribution >= 4 is 27.5 Å². The molecule has 0 saturated carbocycles. The lowest BCUT2D eigenvalue weighted by atomic mass is 10.1. The number of carbonyl (C=O) groups is 1. The predicted molar refractivity (Wildman–Crippen MR) is 82.5 cm³/mol. The second-order valence-electron chi connectivity index (χ2n) is 4.60. The molecule has 0 aromatic heterocycles. The standard InChI is InChI=1S/C15H14BrFN2O2/c1-8-4-11(16)6-13(18)14(8)21-7-10-3-2-9(15(19)20)5-12(10)17/h2-6H,7,18H2,1H3,(H2,19,20). The lowest BCUT2D eigenvalue weighted by molar-refractivity contribution is 0.0999. The molecule has 0 aliphatic heterocycles. The number of anilines is 1. The molecule has 1 amide bonds. The van der Waals surface area contributed by atoms with Gasteiger partial charge in [-0.3, -0.25) is 4.79 Å². The molecule has 0 heterocycles. The molecule has 21 heavy (non-hydrogen) atoms. The van der Waals surface area contributed by atoms with Gasteiger partial charge in [0.25, 0.3) is 0 Å². The van der Waals surface area contributed by atoms with Crippen molar-refractivity contribution in [3.8, 4) is 5.75 Å². The molecule has 2 aromatic carbocycles. The van der Waals surface area contributed by atoms with Crippen LogP contribution in [0.1, 0.15) is 21.5 Å². The Labute approximate surface area is 130 Å². The number of nitrogen functional groups attached to an aromatic ring is 1. The normalized spacial score (nSPS) is 10.4. The van der Waals surface area contributed by atoms with Crippen LogP contribution in [0.25, 0.3) is 0 Å². The van der Waals surface area contributed by atoms with Gasteiger partial charge < -0.3 is 16.2 Å². The van der Waals surface area contributed by atoms with Crippen molar-refractivity contribution in [2.45, 2.75) is 13.5 Å². The van der Waals surface area contributed by atoms with Gasteiger partial charge in [-0.1, -0.05) is 22.0 Å². The third kappa shape index (κ3) is 3.52. The molecule has 0 fully saturated rings. The van der Waals surface area contributed by atoms with E-state index in [9.17, 15) is 9.18 Å². The summed E-state index contributed by atoms with van der Waals surface area (Å²) in [5.41, 5.74) is 12.7. The number of hydrogen-bond donors (Lipinski definition) is 2. The first-order valence-corrected chi connectivity index (χ1v) is 6.94. The molecule has 6 heteroatoms. The van der Waals surface area contributed by atoms with E-state index in [1.165, 1.54) is 12.1 Å². The highest BCUT2D eigenvalue weighted by atomic mass is 79.9. The monoisotopic (exact) mass is 352 g/mol. The molecule has 0 bridgehead atoms. The van der Waals surface area contributed by atoms with E-state index in [0.29, 0.717) is 17.0 Å². The van der Waals surface area contributed by atoms with Crippen LogP contribution < -0.4 is 16.2 Å². The van der Waals surface area contributed by atoms with Crippen LogP contribution in [-0.2, 0) is 6.61 Å². The number of benzene rings is 2. The van der Waals surface area contributed by atoms with Gasteiger partial charge in [-0.2, -0.15) is 0 Å². The number of aryl methyl sites for hydroxylation is 1. The van der Waals surface area contributed by atoms with Gasteiger partial charge in [-0.25, -0.2) is 4.39 Å². The van der Waals surface area contributed by atoms with Crippen LogP contribution in [0, 0.1) is 12.7 Å². The number of rotatable bonds is 4. The van der Waals surface area contributed by atoms with Crippen molar-refractivity contribution in [2.24, 2.45) is 5.73 Å². The smallest absolute Gasteiger partial charge is 0.248 e. The molecule has 0 radical (unpaired) electrons. The number of hydrogen-bond acceptors (Lipinski definition) is 3. The molecule has 0 atom stereocenters. The highest BCUT2D eigenvalue weighted by Crippen LogP contribution is 2.30. The summed E-state index contributed by atoms with van der Waals surface area (Å²) in [5, 5.41) is 0. The maximum absolute atomic E-state index is 13.9. The van der Waals surface area contributed by atoms with Gasteiger partial charge in [0.05, 0.1) is 5.69 Å². The van der Waals surface area contributed by atoms with E-state index in [1.54, 1.807) is 6.07 Å². The Morgan fingerprint density at radius 1 is 1.33 bits per heavy atom. The summed E-state index contributed by atoms with van der Waals surface area (Å²) in [6, 6.07) is 7.60. The van der Waals surface area contributed by atoms with Crippen molar-refractivity contribution in [3.05, 3.63) is 57.3 Å². The Balaban J connectivity index is 2.19. The van der Waals surface area contributed by atoms with Crippen LogP contribution in [-0.4, -0.2) is 5.91 Å². The molecule has 0 unspecified atom stereocenters. The third-order valence-electron chi connectivity index (χ3n) is 2.98. The Morgan fingerprint density at radius 2 is 2.05 bits per heavy atom. The summed E-state index contributed by atoms with van der Waals surface area (Å²) in [6.07, 6.45) is 0. The number of halogens is 2. The van der Waals surface area contributed by atoms with Crippen LogP contribution in [0.3, 0.4) is 0 Å². The fourth-order valence-corrected chi connectivity index (χ4v) is 2.51. The quantitative estimate of drug-likeness (QED) is 0.829. The minimum atomic E-state index is -0.672. The zero-order chi connectivity index (χ0) is 15.6. The van der Waals surface area contributed by atoms with Gasteiger partial charge in [-0.15, -0.1) is 0 Å². The van der Waals surface area contributed by atoms with E-state index >= 15 is 0 Å². The summed E-state index contributed by atoms with van der Waals surface area (Å²) >= 11 is 3.34. The van der Waals surface area contributed by atoms with E-state index in [-0.39, 0.29) is 12.2 Å². The van der Waals surface area contributed by atoms with Crippen LogP contribution in [0.5, 0.6) is 5.75 Å². The first-order chi connectivity index (χ1) is 9.88.